The van der Waals surface area contributed by atoms with E-state index in [0.29, 0.717) is 31.5 Å². The molecular formula is C22H30N2O4. The van der Waals surface area contributed by atoms with Crippen LogP contribution in [0, 0.1) is 0 Å². The summed E-state index contributed by atoms with van der Waals surface area (Å²) in [5.41, 5.74) is -0.192. The zero-order chi connectivity index (χ0) is 19.6. The summed E-state index contributed by atoms with van der Waals surface area (Å²) in [4.78, 5) is 28.6. The van der Waals surface area contributed by atoms with Crippen LogP contribution in [-0.4, -0.2) is 65.6 Å². The second-order valence-electron chi connectivity index (χ2n) is 8.32. The Kier molecular flexibility index (Phi) is 5.58. The number of likely N-dealkylation sites (tertiary alicyclic amines) is 1. The molecule has 6 heteroatoms. The van der Waals surface area contributed by atoms with Gasteiger partial charge >= 0.3 is 0 Å². The highest BCUT2D eigenvalue weighted by Gasteiger charge is 2.45. The number of nitrogens with zero attached hydrogens (tertiary/aromatic N) is 2. The van der Waals surface area contributed by atoms with Crippen molar-refractivity contribution in [1.82, 2.24) is 9.80 Å². The third-order valence-electron chi connectivity index (χ3n) is 6.30. The Labute approximate surface area is 166 Å². The molecule has 2 amide bonds. The monoisotopic (exact) mass is 386 g/mol. The first-order chi connectivity index (χ1) is 13.6. The molecule has 6 nitrogen and oxygen atoms in total. The summed E-state index contributed by atoms with van der Waals surface area (Å²) >= 11 is 0. The molecule has 1 aromatic carbocycles. The van der Waals surface area contributed by atoms with Gasteiger partial charge in [0.05, 0.1) is 5.60 Å². The number of carbonyl (C=O) groups is 2. The van der Waals surface area contributed by atoms with Crippen molar-refractivity contribution in [2.45, 2.75) is 63.1 Å². The summed E-state index contributed by atoms with van der Waals surface area (Å²) in [6, 6.07) is 10.1. The molecule has 0 bridgehead atoms. The van der Waals surface area contributed by atoms with Gasteiger partial charge in [-0.05, 0) is 50.7 Å². The number of hydrogen-bond donors (Lipinski definition) is 0. The Morgan fingerprint density at radius 2 is 1.86 bits per heavy atom. The standard InChI is InChI=1S/C22H30N2O4/c1-17(25)24(18-7-8-18)19-9-14-28-22(15-19)10-12-23(13-11-22)21(26)16-27-20-5-3-2-4-6-20/h2-6,18-19H,7-16H2,1H3. The van der Waals surface area contributed by atoms with Gasteiger partial charge in [0, 0.05) is 38.7 Å². The Hall–Kier alpha value is -2.08. The van der Waals surface area contributed by atoms with Gasteiger partial charge in [0.1, 0.15) is 5.75 Å². The maximum Gasteiger partial charge on any atom is 0.260 e. The van der Waals surface area contributed by atoms with Crippen molar-refractivity contribution >= 4 is 11.8 Å². The molecule has 0 aromatic heterocycles. The lowest BCUT2D eigenvalue weighted by Gasteiger charge is -2.48. The molecule has 1 aliphatic carbocycles. The minimum Gasteiger partial charge on any atom is -0.484 e. The molecule has 28 heavy (non-hydrogen) atoms. The van der Waals surface area contributed by atoms with Gasteiger partial charge in [0.25, 0.3) is 5.91 Å². The molecule has 2 aliphatic heterocycles. The molecule has 0 N–H and O–H groups in total. The fraction of sp³-hybridized carbons (Fsp3) is 0.636. The van der Waals surface area contributed by atoms with E-state index in [2.05, 4.69) is 4.90 Å². The number of rotatable bonds is 5. The van der Waals surface area contributed by atoms with E-state index in [0.717, 1.165) is 38.5 Å². The van der Waals surface area contributed by atoms with Crippen LogP contribution in [0.2, 0.25) is 0 Å². The van der Waals surface area contributed by atoms with Crippen LogP contribution in [0.25, 0.3) is 0 Å². The number of carbonyl (C=O) groups excluding carboxylic acids is 2. The SMILES string of the molecule is CC(=O)N(C1CC1)C1CCOC2(CCN(C(=O)COc3ccccc3)CC2)C1. The van der Waals surface area contributed by atoms with Crippen molar-refractivity contribution < 1.29 is 19.1 Å². The maximum absolute atomic E-state index is 12.5. The largest absolute Gasteiger partial charge is 0.484 e. The number of ether oxygens (including phenoxy) is 2. The molecule has 1 spiro atoms. The van der Waals surface area contributed by atoms with Crippen molar-refractivity contribution in [3.8, 4) is 5.75 Å². The van der Waals surface area contributed by atoms with Crippen molar-refractivity contribution in [3.05, 3.63) is 30.3 Å². The van der Waals surface area contributed by atoms with E-state index in [-0.39, 0.29) is 30.1 Å². The summed E-state index contributed by atoms with van der Waals surface area (Å²) in [5.74, 6) is 0.928. The van der Waals surface area contributed by atoms with Crippen LogP contribution < -0.4 is 4.74 Å². The fourth-order valence-electron chi connectivity index (χ4n) is 4.67. The second-order valence-corrected chi connectivity index (χ2v) is 8.32. The zero-order valence-electron chi connectivity index (χ0n) is 16.6. The summed E-state index contributed by atoms with van der Waals surface area (Å²) < 4.78 is 11.8. The zero-order valence-corrected chi connectivity index (χ0v) is 16.6. The lowest BCUT2D eigenvalue weighted by Crippen LogP contribution is -2.56. The lowest BCUT2D eigenvalue weighted by atomic mass is 9.81. The summed E-state index contributed by atoms with van der Waals surface area (Å²) in [6.07, 6.45) is 5.74. The average Bonchev–Trinajstić information content (AvgIpc) is 3.52. The minimum absolute atomic E-state index is 0.0226. The predicted octanol–water partition coefficient (Wildman–Crippen LogP) is 2.62. The van der Waals surface area contributed by atoms with E-state index in [9.17, 15) is 9.59 Å². The van der Waals surface area contributed by atoms with E-state index in [4.69, 9.17) is 9.47 Å². The maximum atomic E-state index is 12.5. The highest BCUT2D eigenvalue weighted by atomic mass is 16.5. The quantitative estimate of drug-likeness (QED) is 0.781. The van der Waals surface area contributed by atoms with Gasteiger partial charge < -0.3 is 19.3 Å². The summed E-state index contributed by atoms with van der Waals surface area (Å²) in [6.45, 7) is 3.83. The van der Waals surface area contributed by atoms with Crippen molar-refractivity contribution in [2.75, 3.05) is 26.3 Å². The fourth-order valence-corrected chi connectivity index (χ4v) is 4.67. The Morgan fingerprint density at radius 3 is 2.50 bits per heavy atom. The Balaban J connectivity index is 1.30. The number of para-hydroxylation sites is 1. The van der Waals surface area contributed by atoms with Crippen LogP contribution in [-0.2, 0) is 14.3 Å². The van der Waals surface area contributed by atoms with Crippen LogP contribution in [0.3, 0.4) is 0 Å². The van der Waals surface area contributed by atoms with Crippen LogP contribution in [0.1, 0.15) is 45.4 Å². The summed E-state index contributed by atoms with van der Waals surface area (Å²) in [5, 5.41) is 0. The first kappa shape index (κ1) is 19.2. The van der Waals surface area contributed by atoms with Gasteiger partial charge in [0.2, 0.25) is 5.91 Å². The minimum atomic E-state index is -0.192. The molecule has 2 saturated heterocycles. The first-order valence-corrected chi connectivity index (χ1v) is 10.4. The van der Waals surface area contributed by atoms with E-state index in [1.807, 2.05) is 35.2 Å². The number of amides is 2. The van der Waals surface area contributed by atoms with Gasteiger partial charge in [-0.2, -0.15) is 0 Å². The normalized spacial score (nSPS) is 24.0. The van der Waals surface area contributed by atoms with E-state index in [1.165, 1.54) is 0 Å². The lowest BCUT2D eigenvalue weighted by molar-refractivity contribution is -0.155. The van der Waals surface area contributed by atoms with Crippen LogP contribution >= 0.6 is 0 Å². The molecular weight excluding hydrogens is 356 g/mol. The van der Waals surface area contributed by atoms with E-state index < -0.39 is 0 Å². The van der Waals surface area contributed by atoms with Gasteiger partial charge in [-0.15, -0.1) is 0 Å². The highest BCUT2D eigenvalue weighted by Crippen LogP contribution is 2.40. The number of piperidine rings is 1. The van der Waals surface area contributed by atoms with Gasteiger partial charge in [-0.25, -0.2) is 0 Å². The van der Waals surface area contributed by atoms with E-state index in [1.54, 1.807) is 6.92 Å². The Bertz CT molecular complexity index is 696. The van der Waals surface area contributed by atoms with Crippen molar-refractivity contribution in [2.24, 2.45) is 0 Å². The van der Waals surface area contributed by atoms with E-state index >= 15 is 0 Å². The van der Waals surface area contributed by atoms with Gasteiger partial charge in [-0.1, -0.05) is 18.2 Å². The van der Waals surface area contributed by atoms with Crippen LogP contribution in [0.4, 0.5) is 0 Å². The number of hydrogen-bond acceptors (Lipinski definition) is 4. The highest BCUT2D eigenvalue weighted by molar-refractivity contribution is 5.78. The first-order valence-electron chi connectivity index (χ1n) is 10.4. The van der Waals surface area contributed by atoms with Gasteiger partial charge in [0.15, 0.2) is 6.61 Å². The molecule has 1 aromatic rings. The smallest absolute Gasteiger partial charge is 0.260 e. The van der Waals surface area contributed by atoms with Crippen molar-refractivity contribution in [3.63, 3.8) is 0 Å². The molecule has 2 heterocycles. The Morgan fingerprint density at radius 1 is 1.14 bits per heavy atom. The topological polar surface area (TPSA) is 59.1 Å². The molecule has 1 atom stereocenters. The molecule has 4 rings (SSSR count). The molecule has 0 radical (unpaired) electrons. The molecule has 3 aliphatic rings. The predicted molar refractivity (Wildman–Crippen MR) is 105 cm³/mol. The van der Waals surface area contributed by atoms with Crippen LogP contribution in [0.15, 0.2) is 30.3 Å². The molecule has 1 saturated carbocycles. The number of benzene rings is 1. The van der Waals surface area contributed by atoms with Gasteiger partial charge in [-0.3, -0.25) is 9.59 Å². The third-order valence-corrected chi connectivity index (χ3v) is 6.30. The average molecular weight is 386 g/mol. The third kappa shape index (κ3) is 4.32. The van der Waals surface area contributed by atoms with Crippen molar-refractivity contribution in [1.29, 1.82) is 0 Å². The second kappa shape index (κ2) is 8.11. The summed E-state index contributed by atoms with van der Waals surface area (Å²) in [7, 11) is 0. The molecule has 1 unspecified atom stereocenters. The van der Waals surface area contributed by atoms with Crippen LogP contribution in [0.5, 0.6) is 5.75 Å². The molecule has 3 fully saturated rings. The molecule has 152 valence electrons.